The molecule has 0 radical (unpaired) electrons. The van der Waals surface area contributed by atoms with Gasteiger partial charge in [-0.1, -0.05) is 24.3 Å². The number of halogens is 2. The lowest BCUT2D eigenvalue weighted by Crippen LogP contribution is -2.60. The highest BCUT2D eigenvalue weighted by molar-refractivity contribution is 7.12. The molecule has 4 unspecified atom stereocenters. The number of esters is 2. The third kappa shape index (κ3) is 12.6. The first kappa shape index (κ1) is 62.4. The van der Waals surface area contributed by atoms with E-state index >= 15 is 0 Å². The van der Waals surface area contributed by atoms with Crippen LogP contribution in [0.3, 0.4) is 0 Å². The zero-order valence-corrected chi connectivity index (χ0v) is 51.8. The maximum atomic E-state index is 14.8. The third-order valence-electron chi connectivity index (χ3n) is 17.6. The number of ether oxygens (including phenoxy) is 2. The van der Waals surface area contributed by atoms with Crippen molar-refractivity contribution in [3.05, 3.63) is 126 Å². The molecule has 11 rings (SSSR count). The van der Waals surface area contributed by atoms with Crippen LogP contribution in [0.4, 0.5) is 18.4 Å². The van der Waals surface area contributed by atoms with E-state index in [4.69, 9.17) is 19.5 Å². The second-order valence-corrected chi connectivity index (χ2v) is 26.2. The number of carboxylic acids is 2. The Labute approximate surface area is 511 Å². The van der Waals surface area contributed by atoms with Crippen molar-refractivity contribution in [2.24, 2.45) is 20.8 Å². The Kier molecular flexibility index (Phi) is 17.8. The number of aliphatic carboxylic acids is 2. The van der Waals surface area contributed by atoms with Crippen molar-refractivity contribution >= 4 is 70.3 Å². The molecular formula is C61H74F2N12O10S2. The molecule has 464 valence electrons. The molecule has 4 N–H and O–H groups in total. The van der Waals surface area contributed by atoms with Gasteiger partial charge >= 0.3 is 35.9 Å². The minimum absolute atomic E-state index is 0.0876. The van der Waals surface area contributed by atoms with Crippen LogP contribution < -0.4 is 10.6 Å². The molecule has 4 aromatic rings. The summed E-state index contributed by atoms with van der Waals surface area (Å²) in [5.41, 5.74) is 0.938. The Morgan fingerprint density at radius 2 is 1.14 bits per heavy atom. The molecule has 8 heterocycles. The summed E-state index contributed by atoms with van der Waals surface area (Å²) in [6.45, 7) is 19.8. The van der Waals surface area contributed by atoms with E-state index in [0.717, 1.165) is 0 Å². The van der Waals surface area contributed by atoms with Crippen molar-refractivity contribution < 1.29 is 57.2 Å². The Balaban J connectivity index is 0.000000193. The van der Waals surface area contributed by atoms with E-state index in [1.165, 1.54) is 34.8 Å². The van der Waals surface area contributed by atoms with Gasteiger partial charge in [0, 0.05) is 113 Å². The molecule has 4 atom stereocenters. The van der Waals surface area contributed by atoms with Crippen molar-refractivity contribution in [2.75, 3.05) is 91.8 Å². The van der Waals surface area contributed by atoms with Crippen molar-refractivity contribution in [1.29, 1.82) is 0 Å². The summed E-state index contributed by atoms with van der Waals surface area (Å²) >= 11 is 2.81. The fourth-order valence-electron chi connectivity index (χ4n) is 12.6. The molecule has 6 aliphatic heterocycles. The SMILES string of the molecule is CCOC(=O)C1=C(CN2CCN3C(=O)N(CC4(C(=O)O)CC4)CC3(C)C2)NC(c2nccs2)=NC1c1cccc(F)c1C.CCOC(=O)C1=C(CN2CCN3C(=O)N(CCC(C)(C)C(=O)O)CC3(C)C2)NC(c2nccs2)=NC1c1cccc(F)c1C. The Morgan fingerprint density at radius 1 is 0.690 bits per heavy atom. The predicted octanol–water partition coefficient (Wildman–Crippen LogP) is 6.99. The molecule has 4 amide bonds. The molecule has 4 saturated heterocycles. The Bertz CT molecular complexity index is 3480. The van der Waals surface area contributed by atoms with Crippen molar-refractivity contribution in [3.63, 3.8) is 0 Å². The predicted molar refractivity (Wildman–Crippen MR) is 321 cm³/mol. The van der Waals surface area contributed by atoms with Gasteiger partial charge in [-0.25, -0.2) is 37.9 Å². The number of nitrogens with zero attached hydrogens (tertiary/aromatic N) is 10. The first-order valence-corrected chi connectivity index (χ1v) is 31.0. The number of piperazine rings is 2. The van der Waals surface area contributed by atoms with Gasteiger partial charge in [0.2, 0.25) is 0 Å². The van der Waals surface area contributed by atoms with E-state index in [-0.39, 0.29) is 43.5 Å². The molecule has 7 aliphatic rings. The van der Waals surface area contributed by atoms with E-state index < -0.39 is 57.9 Å². The van der Waals surface area contributed by atoms with Crippen LogP contribution in [0.5, 0.6) is 0 Å². The van der Waals surface area contributed by atoms with E-state index in [1.807, 2.05) is 34.4 Å². The number of rotatable bonds is 19. The van der Waals surface area contributed by atoms with Crippen molar-refractivity contribution in [1.82, 2.24) is 50.0 Å². The van der Waals surface area contributed by atoms with Gasteiger partial charge in [-0.3, -0.25) is 29.4 Å². The number of nitrogens with one attached hydrogen (secondary N) is 2. The maximum absolute atomic E-state index is 14.8. The Morgan fingerprint density at radius 3 is 1.54 bits per heavy atom. The average Bonchev–Trinajstić information content (AvgIpc) is 1.85. The smallest absolute Gasteiger partial charge is 0.338 e. The van der Waals surface area contributed by atoms with Crippen LogP contribution in [0.25, 0.3) is 0 Å². The van der Waals surface area contributed by atoms with Gasteiger partial charge in [-0.05, 0) is 109 Å². The Hall–Kier alpha value is -7.68. The normalized spacial score (nSPS) is 23.7. The molecular weight excluding hydrogens is 1160 g/mol. The summed E-state index contributed by atoms with van der Waals surface area (Å²) in [5, 5.41) is 30.9. The van der Waals surface area contributed by atoms with Gasteiger partial charge in [0.15, 0.2) is 21.7 Å². The molecule has 2 aromatic carbocycles. The number of amides is 4. The first-order valence-electron chi connectivity index (χ1n) is 29.2. The summed E-state index contributed by atoms with van der Waals surface area (Å²) in [6, 6.07) is 7.71. The van der Waals surface area contributed by atoms with Crippen molar-refractivity contribution in [2.45, 2.75) is 97.8 Å². The fraction of sp³-hybridized carbons (Fsp3) is 0.508. The minimum Gasteiger partial charge on any atom is -0.481 e. The molecule has 87 heavy (non-hydrogen) atoms. The number of amidine groups is 2. The number of hydrogen-bond acceptors (Lipinski definition) is 18. The molecule has 5 fully saturated rings. The number of thiazole rings is 2. The number of carbonyl (C=O) groups is 6. The minimum atomic E-state index is -0.938. The summed E-state index contributed by atoms with van der Waals surface area (Å²) in [7, 11) is 0. The van der Waals surface area contributed by atoms with Crippen LogP contribution in [0.2, 0.25) is 0 Å². The zero-order valence-electron chi connectivity index (χ0n) is 50.2. The molecule has 2 aromatic heterocycles. The van der Waals surface area contributed by atoms with Crippen LogP contribution in [0, 0.1) is 36.3 Å². The number of aliphatic imine (C=N–C) groups is 2. The van der Waals surface area contributed by atoms with E-state index in [1.54, 1.807) is 88.0 Å². The molecule has 22 nitrogen and oxygen atoms in total. The number of carboxylic acid groups (broad SMARTS) is 2. The maximum Gasteiger partial charge on any atom is 0.338 e. The van der Waals surface area contributed by atoms with Gasteiger partial charge < -0.3 is 49.9 Å². The van der Waals surface area contributed by atoms with Gasteiger partial charge in [0.05, 0.1) is 46.3 Å². The lowest BCUT2D eigenvalue weighted by atomic mass is 9.89. The largest absolute Gasteiger partial charge is 0.481 e. The number of aromatic nitrogens is 2. The number of urea groups is 2. The summed E-state index contributed by atoms with van der Waals surface area (Å²) in [4.78, 5) is 107. The van der Waals surface area contributed by atoms with Crippen molar-refractivity contribution in [3.8, 4) is 0 Å². The van der Waals surface area contributed by atoms with Gasteiger partial charge in [-0.2, -0.15) is 0 Å². The molecule has 0 spiro atoms. The molecule has 26 heteroatoms. The first-order chi connectivity index (χ1) is 41.4. The van der Waals surface area contributed by atoms with E-state index in [2.05, 4.69) is 30.4 Å². The van der Waals surface area contributed by atoms with Gasteiger partial charge in [0.1, 0.15) is 23.7 Å². The van der Waals surface area contributed by atoms with Crippen LogP contribution in [-0.2, 0) is 28.7 Å². The second-order valence-electron chi connectivity index (χ2n) is 24.4. The average molecular weight is 1240 g/mol. The lowest BCUT2D eigenvalue weighted by molar-refractivity contribution is -0.147. The quantitative estimate of drug-likeness (QED) is 0.0690. The van der Waals surface area contributed by atoms with E-state index in [0.29, 0.717) is 158 Å². The summed E-state index contributed by atoms with van der Waals surface area (Å²) in [6.07, 6.45) is 4.87. The van der Waals surface area contributed by atoms with Gasteiger partial charge in [-0.15, -0.1) is 22.7 Å². The van der Waals surface area contributed by atoms with Gasteiger partial charge in [0.25, 0.3) is 0 Å². The highest BCUT2D eigenvalue weighted by atomic mass is 32.1. The molecule has 1 saturated carbocycles. The monoisotopic (exact) mass is 1240 g/mol. The van der Waals surface area contributed by atoms with Crippen LogP contribution in [0.1, 0.15) is 105 Å². The van der Waals surface area contributed by atoms with Crippen LogP contribution >= 0.6 is 22.7 Å². The number of hydrogen-bond donors (Lipinski definition) is 4. The lowest BCUT2D eigenvalue weighted by Gasteiger charge is -2.44. The van der Waals surface area contributed by atoms with Crippen LogP contribution in [-0.4, -0.2) is 200 Å². The molecule has 0 bridgehead atoms. The summed E-state index contributed by atoms with van der Waals surface area (Å²) in [5.74, 6) is -2.59. The standard InChI is InChI=1S/C31H39FN6O5S.C30H35FN6O5S/c1-6-43-27(39)23-22(34-25(26-33-11-15-44-26)35-24(23)20-8-7-9-21(32)19(20)2)16-36-13-14-38-29(42)37(18-31(38,5)17-36)12-10-30(3,4)28(40)41;1-4-42-26(38)22-21(33-24(25-32-10-13-43-25)34-23(22)19-6-5-7-20(31)18(19)2)14-35-11-12-37-28(41)36(16-29(37,3)15-35)17-30(8-9-30)27(39)40/h7-9,11,15,24H,6,10,12-14,16-18H2,1-5H3,(H,34,35)(H,40,41);5-7,10,13,23H,4,8-9,11-12,14-17H2,1-3H3,(H,33,34)(H,39,40). The second kappa shape index (κ2) is 24.8. The topological polar surface area (TPSA) is 255 Å². The number of benzene rings is 2. The summed E-state index contributed by atoms with van der Waals surface area (Å²) < 4.78 is 40.5. The third-order valence-corrected chi connectivity index (χ3v) is 19.2. The number of fused-ring (bicyclic) bond motifs is 2. The highest BCUT2D eigenvalue weighted by Gasteiger charge is 2.57. The fourth-order valence-corrected chi connectivity index (χ4v) is 13.7. The van der Waals surface area contributed by atoms with Crippen LogP contribution in [0.15, 0.2) is 92.1 Å². The highest BCUT2D eigenvalue weighted by Crippen LogP contribution is 2.48. The number of carbonyl (C=O) groups excluding carboxylic acids is 4. The van der Waals surface area contributed by atoms with E-state index in [9.17, 15) is 47.8 Å². The molecule has 1 aliphatic carbocycles. The zero-order chi connectivity index (χ0) is 62.3.